The molecule has 4 heterocycles. The molecule has 0 bridgehead atoms. The molecule has 0 atom stereocenters. The smallest absolute Gasteiger partial charge is 0.231 e. The molecule has 0 aliphatic carbocycles. The molecule has 0 amide bonds. The largest absolute Gasteiger partial charge is 0.438 e. The van der Waals surface area contributed by atoms with Gasteiger partial charge in [-0.1, -0.05) is 83.9 Å². The monoisotopic (exact) mass is 460 g/mol. The minimum atomic E-state index is 0.413. The lowest BCUT2D eigenvalue weighted by Crippen LogP contribution is -1.77. The Balaban J connectivity index is 0.000000135. The van der Waals surface area contributed by atoms with Gasteiger partial charge in [0, 0.05) is 11.1 Å². The summed E-state index contributed by atoms with van der Waals surface area (Å²) in [6.07, 6.45) is 2.78. The number of fused-ring (bicyclic) bond motifs is 2. The van der Waals surface area contributed by atoms with Crippen LogP contribution in [0.5, 0.6) is 0 Å². The van der Waals surface area contributed by atoms with Crippen molar-refractivity contribution in [1.29, 1.82) is 0 Å². The average Bonchev–Trinajstić information content (AvgIpc) is 3.47. The molecule has 0 aliphatic heterocycles. The summed E-state index contributed by atoms with van der Waals surface area (Å²) in [7, 11) is 0. The van der Waals surface area contributed by atoms with E-state index < -0.39 is 0 Å². The van der Waals surface area contributed by atoms with Crippen LogP contribution >= 0.6 is 23.2 Å². The first kappa shape index (κ1) is 20.2. The molecule has 6 nitrogen and oxygen atoms in total. The summed E-state index contributed by atoms with van der Waals surface area (Å²) in [4.78, 5) is 15.9. The van der Waals surface area contributed by atoms with Gasteiger partial charge in [0.05, 0.1) is 10.8 Å². The van der Waals surface area contributed by atoms with Crippen molar-refractivity contribution in [2.24, 2.45) is 0 Å². The van der Waals surface area contributed by atoms with Gasteiger partial charge in [0.1, 0.15) is 34.5 Å². The van der Waals surface area contributed by atoms with Crippen LogP contribution in [-0.4, -0.2) is 19.9 Å². The van der Waals surface area contributed by atoms with E-state index in [-0.39, 0.29) is 0 Å². The first-order valence-corrected chi connectivity index (χ1v) is 10.4. The minimum absolute atomic E-state index is 0.413. The van der Waals surface area contributed by atoms with Crippen LogP contribution in [0.15, 0.2) is 94.3 Å². The van der Waals surface area contributed by atoms with Gasteiger partial charge in [0.2, 0.25) is 11.4 Å². The van der Waals surface area contributed by atoms with Gasteiger partial charge in [-0.3, -0.25) is 0 Å². The summed E-state index contributed by atoms with van der Waals surface area (Å²) in [5.41, 5.74) is 3.02. The molecule has 0 saturated heterocycles. The molecule has 4 aromatic heterocycles. The summed E-state index contributed by atoms with van der Waals surface area (Å²) in [6, 6.07) is 23.3. The Morgan fingerprint density at radius 1 is 0.531 bits per heavy atom. The van der Waals surface area contributed by atoms with E-state index in [0.29, 0.717) is 21.7 Å². The SMILES string of the molecule is Clc1ncnc2oc(-c3ccccc3)cc12.Clc1ncnc2oc(-c3ccccc3)cc12. The predicted molar refractivity (Wildman–Crippen MR) is 124 cm³/mol. The molecular formula is C24H14Cl2N4O2. The molecule has 6 rings (SSSR count). The summed E-state index contributed by atoms with van der Waals surface area (Å²) in [6.45, 7) is 0. The van der Waals surface area contributed by atoms with Gasteiger partial charge in [-0.25, -0.2) is 19.9 Å². The van der Waals surface area contributed by atoms with E-state index in [1.165, 1.54) is 12.7 Å². The molecule has 0 unspecified atom stereocenters. The Hall–Kier alpha value is -3.74. The fraction of sp³-hybridized carbons (Fsp3) is 0. The zero-order valence-corrected chi connectivity index (χ0v) is 18.0. The molecule has 0 radical (unpaired) electrons. The summed E-state index contributed by atoms with van der Waals surface area (Å²) in [5.74, 6) is 1.50. The number of benzene rings is 2. The van der Waals surface area contributed by atoms with Crippen LogP contribution in [0.4, 0.5) is 0 Å². The molecule has 0 aliphatic rings. The van der Waals surface area contributed by atoms with Crippen molar-refractivity contribution >= 4 is 45.4 Å². The Morgan fingerprint density at radius 2 is 0.938 bits per heavy atom. The van der Waals surface area contributed by atoms with E-state index in [1.54, 1.807) is 0 Å². The van der Waals surface area contributed by atoms with Gasteiger partial charge >= 0.3 is 0 Å². The molecule has 8 heteroatoms. The minimum Gasteiger partial charge on any atom is -0.438 e. The third kappa shape index (κ3) is 4.06. The van der Waals surface area contributed by atoms with Crippen LogP contribution < -0.4 is 0 Å². The van der Waals surface area contributed by atoms with Crippen LogP contribution in [0, 0.1) is 0 Å². The molecule has 0 saturated carbocycles. The topological polar surface area (TPSA) is 77.8 Å². The zero-order chi connectivity index (χ0) is 21.9. The summed E-state index contributed by atoms with van der Waals surface area (Å²) in [5, 5.41) is 2.30. The van der Waals surface area contributed by atoms with E-state index >= 15 is 0 Å². The zero-order valence-electron chi connectivity index (χ0n) is 16.4. The number of furan rings is 2. The fourth-order valence-electron chi connectivity index (χ4n) is 3.14. The number of nitrogens with zero attached hydrogens (tertiary/aromatic N) is 4. The lowest BCUT2D eigenvalue weighted by molar-refractivity contribution is 0.617. The van der Waals surface area contributed by atoms with E-state index in [0.717, 1.165) is 33.4 Å². The highest BCUT2D eigenvalue weighted by atomic mass is 35.5. The van der Waals surface area contributed by atoms with Gasteiger partial charge < -0.3 is 8.83 Å². The Labute approximate surface area is 192 Å². The molecule has 6 aromatic rings. The van der Waals surface area contributed by atoms with Crippen LogP contribution in [-0.2, 0) is 0 Å². The van der Waals surface area contributed by atoms with Crippen LogP contribution in [0.25, 0.3) is 44.8 Å². The van der Waals surface area contributed by atoms with Gasteiger partial charge in [-0.05, 0) is 12.1 Å². The lowest BCUT2D eigenvalue weighted by atomic mass is 10.2. The number of hydrogen-bond donors (Lipinski definition) is 0. The molecule has 0 N–H and O–H groups in total. The summed E-state index contributed by atoms with van der Waals surface area (Å²) >= 11 is 11.9. The average molecular weight is 461 g/mol. The van der Waals surface area contributed by atoms with Crippen LogP contribution in [0.1, 0.15) is 0 Å². The molecule has 156 valence electrons. The van der Waals surface area contributed by atoms with Gasteiger partial charge in [0.15, 0.2) is 0 Å². The predicted octanol–water partition coefficient (Wildman–Crippen LogP) is 7.09. The van der Waals surface area contributed by atoms with Crippen molar-refractivity contribution in [3.8, 4) is 22.6 Å². The molecule has 2 aromatic carbocycles. The summed E-state index contributed by atoms with van der Waals surface area (Å²) < 4.78 is 11.2. The van der Waals surface area contributed by atoms with Gasteiger partial charge in [-0.15, -0.1) is 0 Å². The highest BCUT2D eigenvalue weighted by molar-refractivity contribution is 6.34. The van der Waals surface area contributed by atoms with Gasteiger partial charge in [-0.2, -0.15) is 0 Å². The second kappa shape index (κ2) is 8.78. The van der Waals surface area contributed by atoms with E-state index in [4.69, 9.17) is 32.0 Å². The second-order valence-electron chi connectivity index (χ2n) is 6.72. The van der Waals surface area contributed by atoms with Crippen LogP contribution in [0.3, 0.4) is 0 Å². The van der Waals surface area contributed by atoms with E-state index in [2.05, 4.69) is 19.9 Å². The van der Waals surface area contributed by atoms with Crippen molar-refractivity contribution in [3.63, 3.8) is 0 Å². The van der Waals surface area contributed by atoms with Crippen molar-refractivity contribution in [1.82, 2.24) is 19.9 Å². The highest BCUT2D eigenvalue weighted by Gasteiger charge is 2.10. The number of aromatic nitrogens is 4. The number of halogens is 2. The standard InChI is InChI=1S/2C12H7ClN2O/c2*13-11-9-6-10(8-4-2-1-3-5-8)16-12(9)15-7-14-11/h2*1-7H. The third-order valence-electron chi connectivity index (χ3n) is 4.68. The molecule has 32 heavy (non-hydrogen) atoms. The maximum Gasteiger partial charge on any atom is 0.231 e. The third-order valence-corrected chi connectivity index (χ3v) is 5.28. The molecule has 0 fully saturated rings. The molecule has 0 spiro atoms. The van der Waals surface area contributed by atoms with Crippen molar-refractivity contribution in [2.45, 2.75) is 0 Å². The van der Waals surface area contributed by atoms with E-state index in [1.807, 2.05) is 72.8 Å². The maximum absolute atomic E-state index is 5.95. The van der Waals surface area contributed by atoms with Crippen LogP contribution in [0.2, 0.25) is 10.3 Å². The quantitative estimate of drug-likeness (QED) is 0.256. The highest BCUT2D eigenvalue weighted by Crippen LogP contribution is 2.30. The maximum atomic E-state index is 5.95. The normalized spacial score (nSPS) is 10.8. The second-order valence-corrected chi connectivity index (χ2v) is 7.44. The lowest BCUT2D eigenvalue weighted by Gasteiger charge is -1.92. The Kier molecular flexibility index (Phi) is 5.54. The Bertz CT molecular complexity index is 1380. The Morgan fingerprint density at radius 3 is 1.31 bits per heavy atom. The van der Waals surface area contributed by atoms with Gasteiger partial charge in [0.25, 0.3) is 0 Å². The van der Waals surface area contributed by atoms with Crippen molar-refractivity contribution in [3.05, 3.63) is 95.8 Å². The number of rotatable bonds is 2. The molecular weight excluding hydrogens is 447 g/mol. The fourth-order valence-corrected chi connectivity index (χ4v) is 3.50. The van der Waals surface area contributed by atoms with E-state index in [9.17, 15) is 0 Å². The number of hydrogen-bond acceptors (Lipinski definition) is 6. The first-order chi connectivity index (χ1) is 15.7. The first-order valence-electron chi connectivity index (χ1n) is 9.60. The van der Waals surface area contributed by atoms with Crippen molar-refractivity contribution in [2.75, 3.05) is 0 Å². The van der Waals surface area contributed by atoms with Crippen molar-refractivity contribution < 1.29 is 8.83 Å².